The quantitative estimate of drug-likeness (QED) is 0.814. The van der Waals surface area contributed by atoms with Gasteiger partial charge in [0.15, 0.2) is 0 Å². The number of rotatable bonds is 5. The Kier molecular flexibility index (Phi) is 4.33. The maximum Gasteiger partial charge on any atom is 0.266 e. The molecule has 2 rings (SSSR count). The summed E-state index contributed by atoms with van der Waals surface area (Å²) in [6.07, 6.45) is 1.75. The van der Waals surface area contributed by atoms with Crippen LogP contribution in [0.3, 0.4) is 0 Å². The summed E-state index contributed by atoms with van der Waals surface area (Å²) in [6, 6.07) is 0. The van der Waals surface area contributed by atoms with Gasteiger partial charge in [0.2, 0.25) is 5.89 Å². The molecule has 0 saturated carbocycles. The maximum absolute atomic E-state index is 9.66. The van der Waals surface area contributed by atoms with Gasteiger partial charge >= 0.3 is 0 Å². The van der Waals surface area contributed by atoms with Crippen molar-refractivity contribution >= 4 is 5.95 Å². The van der Waals surface area contributed by atoms with Gasteiger partial charge in [0.25, 0.3) is 5.95 Å². The van der Waals surface area contributed by atoms with Crippen LogP contribution in [0.1, 0.15) is 25.7 Å². The topological polar surface area (TPSA) is 71.6 Å². The first-order valence-electron chi connectivity index (χ1n) is 6.13. The predicted octanol–water partition coefficient (Wildman–Crippen LogP) is 0.610. The van der Waals surface area contributed by atoms with Gasteiger partial charge in [0.1, 0.15) is 0 Å². The van der Waals surface area contributed by atoms with Crippen molar-refractivity contribution in [3.63, 3.8) is 0 Å². The standard InChI is InChI=1S/C11H19N3O3/c1-2-3-9(15)8-10-12-11(13-17-10)14-4-6-16-7-5-14/h9,15H,2-8H2,1H3. The van der Waals surface area contributed by atoms with Crippen LogP contribution < -0.4 is 4.90 Å². The van der Waals surface area contributed by atoms with Crippen molar-refractivity contribution in [3.8, 4) is 0 Å². The van der Waals surface area contributed by atoms with E-state index < -0.39 is 6.10 Å². The monoisotopic (exact) mass is 241 g/mol. The van der Waals surface area contributed by atoms with Crippen molar-refractivity contribution in [3.05, 3.63) is 5.89 Å². The molecule has 0 bridgehead atoms. The fourth-order valence-corrected chi connectivity index (χ4v) is 1.86. The molecule has 1 atom stereocenters. The van der Waals surface area contributed by atoms with Crippen LogP contribution in [0.15, 0.2) is 4.52 Å². The third kappa shape index (κ3) is 3.41. The number of anilines is 1. The molecule has 1 aliphatic heterocycles. The lowest BCUT2D eigenvalue weighted by molar-refractivity contribution is 0.121. The highest BCUT2D eigenvalue weighted by Crippen LogP contribution is 2.13. The molecule has 2 heterocycles. The zero-order valence-corrected chi connectivity index (χ0v) is 10.1. The summed E-state index contributed by atoms with van der Waals surface area (Å²) in [5.74, 6) is 1.11. The molecule has 96 valence electrons. The van der Waals surface area contributed by atoms with Crippen molar-refractivity contribution in [2.24, 2.45) is 0 Å². The Morgan fingerprint density at radius 3 is 2.88 bits per heavy atom. The summed E-state index contributed by atoms with van der Waals surface area (Å²) in [5.41, 5.74) is 0. The molecular formula is C11H19N3O3. The van der Waals surface area contributed by atoms with Crippen LogP contribution in [0.4, 0.5) is 5.95 Å². The average molecular weight is 241 g/mol. The third-order valence-electron chi connectivity index (χ3n) is 2.78. The highest BCUT2D eigenvalue weighted by molar-refractivity contribution is 5.27. The molecule has 1 N–H and O–H groups in total. The van der Waals surface area contributed by atoms with Crippen molar-refractivity contribution in [1.29, 1.82) is 0 Å². The van der Waals surface area contributed by atoms with E-state index in [-0.39, 0.29) is 0 Å². The van der Waals surface area contributed by atoms with Gasteiger partial charge in [-0.1, -0.05) is 13.3 Å². The van der Waals surface area contributed by atoms with Crippen LogP contribution in [0, 0.1) is 0 Å². The highest BCUT2D eigenvalue weighted by Gasteiger charge is 2.18. The lowest BCUT2D eigenvalue weighted by Crippen LogP contribution is -2.36. The van der Waals surface area contributed by atoms with Gasteiger partial charge in [-0.25, -0.2) is 0 Å². The maximum atomic E-state index is 9.66. The number of aromatic nitrogens is 2. The van der Waals surface area contributed by atoms with E-state index in [0.717, 1.165) is 25.9 Å². The molecule has 0 aliphatic carbocycles. The van der Waals surface area contributed by atoms with E-state index in [0.29, 0.717) is 31.5 Å². The number of morpholine rings is 1. The Labute approximate surface area is 101 Å². The fourth-order valence-electron chi connectivity index (χ4n) is 1.86. The van der Waals surface area contributed by atoms with Gasteiger partial charge in [0.05, 0.1) is 25.7 Å². The molecule has 0 amide bonds. The van der Waals surface area contributed by atoms with E-state index in [9.17, 15) is 5.11 Å². The number of hydrogen-bond donors (Lipinski definition) is 1. The number of aliphatic hydroxyl groups excluding tert-OH is 1. The Bertz CT molecular complexity index is 336. The van der Waals surface area contributed by atoms with Crippen LogP contribution in [0.2, 0.25) is 0 Å². The van der Waals surface area contributed by atoms with Crippen LogP contribution in [-0.2, 0) is 11.2 Å². The molecule has 1 unspecified atom stereocenters. The van der Waals surface area contributed by atoms with E-state index in [2.05, 4.69) is 10.1 Å². The zero-order valence-electron chi connectivity index (χ0n) is 10.1. The fraction of sp³-hybridized carbons (Fsp3) is 0.818. The molecule has 1 aromatic heterocycles. The minimum absolute atomic E-state index is 0.391. The van der Waals surface area contributed by atoms with Gasteiger partial charge in [-0.15, -0.1) is 0 Å². The summed E-state index contributed by atoms with van der Waals surface area (Å²) < 4.78 is 10.4. The van der Waals surface area contributed by atoms with Gasteiger partial charge in [-0.05, 0) is 11.6 Å². The first kappa shape index (κ1) is 12.3. The Balaban J connectivity index is 1.90. The van der Waals surface area contributed by atoms with Crippen LogP contribution in [0.5, 0.6) is 0 Å². The molecular weight excluding hydrogens is 222 g/mol. The molecule has 1 aliphatic rings. The van der Waals surface area contributed by atoms with Gasteiger partial charge in [0, 0.05) is 13.1 Å². The molecule has 1 fully saturated rings. The summed E-state index contributed by atoms with van der Waals surface area (Å²) in [6.45, 7) is 5.01. The Hall–Kier alpha value is -1.14. The van der Waals surface area contributed by atoms with E-state index in [1.807, 2.05) is 11.8 Å². The van der Waals surface area contributed by atoms with Gasteiger partial charge in [-0.2, -0.15) is 4.98 Å². The molecule has 0 spiro atoms. The van der Waals surface area contributed by atoms with Crippen molar-refractivity contribution in [1.82, 2.24) is 10.1 Å². The number of aliphatic hydroxyl groups is 1. The highest BCUT2D eigenvalue weighted by atomic mass is 16.5. The van der Waals surface area contributed by atoms with Crippen molar-refractivity contribution < 1.29 is 14.4 Å². The number of ether oxygens (including phenoxy) is 1. The zero-order chi connectivity index (χ0) is 12.1. The summed E-state index contributed by atoms with van der Waals surface area (Å²) in [5, 5.41) is 13.6. The normalized spacial score (nSPS) is 18.4. The Morgan fingerprint density at radius 2 is 2.18 bits per heavy atom. The summed E-state index contributed by atoms with van der Waals surface area (Å²) >= 11 is 0. The van der Waals surface area contributed by atoms with Crippen molar-refractivity contribution in [2.75, 3.05) is 31.2 Å². The Morgan fingerprint density at radius 1 is 1.41 bits per heavy atom. The molecule has 0 aromatic carbocycles. The second-order valence-corrected chi connectivity index (χ2v) is 4.23. The van der Waals surface area contributed by atoms with E-state index in [1.54, 1.807) is 0 Å². The van der Waals surface area contributed by atoms with E-state index in [4.69, 9.17) is 9.26 Å². The lowest BCUT2D eigenvalue weighted by Gasteiger charge is -2.24. The summed E-state index contributed by atoms with van der Waals surface area (Å²) in [4.78, 5) is 6.32. The van der Waals surface area contributed by atoms with E-state index in [1.165, 1.54) is 0 Å². The smallest absolute Gasteiger partial charge is 0.266 e. The minimum atomic E-state index is -0.391. The molecule has 1 aromatic rings. The minimum Gasteiger partial charge on any atom is -0.393 e. The van der Waals surface area contributed by atoms with Gasteiger partial charge < -0.3 is 19.3 Å². The van der Waals surface area contributed by atoms with Crippen LogP contribution in [-0.4, -0.2) is 47.7 Å². The van der Waals surface area contributed by atoms with Crippen molar-refractivity contribution in [2.45, 2.75) is 32.3 Å². The van der Waals surface area contributed by atoms with Gasteiger partial charge in [-0.3, -0.25) is 0 Å². The molecule has 0 radical (unpaired) electrons. The van der Waals surface area contributed by atoms with E-state index >= 15 is 0 Å². The lowest BCUT2D eigenvalue weighted by atomic mass is 10.1. The average Bonchev–Trinajstić information content (AvgIpc) is 2.79. The third-order valence-corrected chi connectivity index (χ3v) is 2.78. The van der Waals surface area contributed by atoms with Crippen LogP contribution in [0.25, 0.3) is 0 Å². The largest absolute Gasteiger partial charge is 0.393 e. The predicted molar refractivity (Wildman–Crippen MR) is 61.9 cm³/mol. The molecule has 6 nitrogen and oxygen atoms in total. The van der Waals surface area contributed by atoms with Crippen LogP contribution >= 0.6 is 0 Å². The second kappa shape index (κ2) is 5.97. The first-order chi connectivity index (χ1) is 8.29. The molecule has 6 heteroatoms. The first-order valence-corrected chi connectivity index (χ1v) is 6.13. The SMILES string of the molecule is CCCC(O)Cc1nc(N2CCOCC2)no1. The summed E-state index contributed by atoms with van der Waals surface area (Å²) in [7, 11) is 0. The number of nitrogens with zero attached hydrogens (tertiary/aromatic N) is 3. The second-order valence-electron chi connectivity index (χ2n) is 4.23. The molecule has 1 saturated heterocycles. The molecule has 17 heavy (non-hydrogen) atoms. The number of hydrogen-bond acceptors (Lipinski definition) is 6.